The molecule has 2 aromatic carbocycles. The van der Waals surface area contributed by atoms with Crippen molar-refractivity contribution in [3.8, 4) is 10.6 Å². The Bertz CT molecular complexity index is 895. The number of halogens is 3. The number of thiazole rings is 1. The van der Waals surface area contributed by atoms with Crippen LogP contribution in [-0.2, 0) is 11.2 Å². The zero-order valence-corrected chi connectivity index (χ0v) is 15.3. The minimum absolute atomic E-state index is 0.153. The van der Waals surface area contributed by atoms with E-state index in [9.17, 15) is 4.79 Å². The molecule has 0 unspecified atom stereocenters. The molecule has 0 radical (unpaired) electrons. The Kier molecular flexibility index (Phi) is 5.41. The van der Waals surface area contributed by atoms with Gasteiger partial charge in [0.05, 0.1) is 27.8 Å². The monoisotopic (exact) mass is 396 g/mol. The molecule has 0 fully saturated rings. The summed E-state index contributed by atoms with van der Waals surface area (Å²) < 4.78 is 0. The quantitative estimate of drug-likeness (QED) is 0.591. The Morgan fingerprint density at radius 1 is 1.08 bits per heavy atom. The van der Waals surface area contributed by atoms with E-state index < -0.39 is 0 Å². The summed E-state index contributed by atoms with van der Waals surface area (Å²) in [6.45, 7) is 0. The maximum atomic E-state index is 12.2. The van der Waals surface area contributed by atoms with E-state index in [1.807, 2.05) is 29.6 Å². The van der Waals surface area contributed by atoms with Crippen molar-refractivity contribution in [2.24, 2.45) is 0 Å². The van der Waals surface area contributed by atoms with Crippen LogP contribution in [0.3, 0.4) is 0 Å². The molecule has 0 saturated heterocycles. The zero-order valence-electron chi connectivity index (χ0n) is 12.2. The highest BCUT2D eigenvalue weighted by Crippen LogP contribution is 2.30. The normalized spacial score (nSPS) is 10.6. The summed E-state index contributed by atoms with van der Waals surface area (Å²) in [7, 11) is 0. The third-order valence-corrected chi connectivity index (χ3v) is 5.00. The molecule has 0 saturated carbocycles. The molecular formula is C17H11Cl3N2OS. The predicted molar refractivity (Wildman–Crippen MR) is 101 cm³/mol. The molecule has 1 N–H and O–H groups in total. The molecule has 24 heavy (non-hydrogen) atoms. The second kappa shape index (κ2) is 7.53. The van der Waals surface area contributed by atoms with E-state index in [1.165, 1.54) is 11.3 Å². The van der Waals surface area contributed by atoms with Crippen LogP contribution in [0.5, 0.6) is 0 Å². The van der Waals surface area contributed by atoms with Gasteiger partial charge in [0.25, 0.3) is 0 Å². The number of aromatic nitrogens is 1. The molecule has 3 rings (SSSR count). The molecule has 0 aliphatic carbocycles. The fourth-order valence-corrected chi connectivity index (χ4v) is 3.69. The third-order valence-electron chi connectivity index (χ3n) is 3.20. The van der Waals surface area contributed by atoms with Crippen molar-refractivity contribution < 1.29 is 4.79 Å². The van der Waals surface area contributed by atoms with E-state index in [1.54, 1.807) is 18.2 Å². The highest BCUT2D eigenvalue weighted by atomic mass is 35.5. The first kappa shape index (κ1) is 17.2. The van der Waals surface area contributed by atoms with Crippen LogP contribution in [0.25, 0.3) is 10.6 Å². The standard InChI is InChI=1S/C17H11Cl3N2OS/c18-10-5-6-15(14(20)7-10)22-16(23)8-11-9-24-17(21-11)12-3-1-2-4-13(12)19/h1-7,9H,8H2,(H,22,23). The van der Waals surface area contributed by atoms with Crippen molar-refractivity contribution in [3.63, 3.8) is 0 Å². The van der Waals surface area contributed by atoms with Crippen molar-refractivity contribution in [3.05, 3.63) is 68.6 Å². The number of rotatable bonds is 4. The minimum atomic E-state index is -0.199. The van der Waals surface area contributed by atoms with E-state index in [4.69, 9.17) is 34.8 Å². The van der Waals surface area contributed by atoms with Gasteiger partial charge in [0.1, 0.15) is 5.01 Å². The third kappa shape index (κ3) is 4.08. The van der Waals surface area contributed by atoms with Crippen molar-refractivity contribution >= 4 is 57.7 Å². The Morgan fingerprint density at radius 3 is 2.62 bits per heavy atom. The van der Waals surface area contributed by atoms with Crippen LogP contribution in [0.4, 0.5) is 5.69 Å². The van der Waals surface area contributed by atoms with Gasteiger partial charge in [0.15, 0.2) is 0 Å². The van der Waals surface area contributed by atoms with Crippen LogP contribution in [-0.4, -0.2) is 10.9 Å². The second-order valence-electron chi connectivity index (χ2n) is 4.97. The van der Waals surface area contributed by atoms with Gasteiger partial charge in [-0.15, -0.1) is 11.3 Å². The largest absolute Gasteiger partial charge is 0.324 e. The summed E-state index contributed by atoms with van der Waals surface area (Å²) in [6.07, 6.45) is 0.153. The SMILES string of the molecule is O=C(Cc1csc(-c2ccccc2Cl)n1)Nc1ccc(Cl)cc1Cl. The average molecular weight is 398 g/mol. The van der Waals surface area contributed by atoms with E-state index >= 15 is 0 Å². The summed E-state index contributed by atoms with van der Waals surface area (Å²) in [5, 5.41) is 6.93. The lowest BCUT2D eigenvalue weighted by Crippen LogP contribution is -2.14. The van der Waals surface area contributed by atoms with Crippen LogP contribution in [0.1, 0.15) is 5.69 Å². The molecule has 3 aromatic rings. The molecule has 1 aromatic heterocycles. The van der Waals surface area contributed by atoms with Gasteiger partial charge in [-0.1, -0.05) is 53.0 Å². The van der Waals surface area contributed by atoms with Crippen molar-refractivity contribution in [1.29, 1.82) is 0 Å². The first-order chi connectivity index (χ1) is 11.5. The number of benzene rings is 2. The predicted octanol–water partition coefficient (Wildman–Crippen LogP) is 5.95. The number of nitrogens with one attached hydrogen (secondary N) is 1. The van der Waals surface area contributed by atoms with E-state index in [0.29, 0.717) is 26.4 Å². The van der Waals surface area contributed by atoms with Crippen LogP contribution in [0.2, 0.25) is 15.1 Å². The van der Waals surface area contributed by atoms with E-state index in [-0.39, 0.29) is 12.3 Å². The number of carbonyl (C=O) groups excluding carboxylic acids is 1. The summed E-state index contributed by atoms with van der Waals surface area (Å²) >= 11 is 19.5. The molecule has 122 valence electrons. The maximum absolute atomic E-state index is 12.2. The Balaban J connectivity index is 1.70. The van der Waals surface area contributed by atoms with Crippen molar-refractivity contribution in [1.82, 2.24) is 4.98 Å². The van der Waals surface area contributed by atoms with Gasteiger partial charge in [0, 0.05) is 16.0 Å². The molecule has 0 bridgehead atoms. The van der Waals surface area contributed by atoms with Gasteiger partial charge in [-0.25, -0.2) is 4.98 Å². The van der Waals surface area contributed by atoms with Crippen LogP contribution < -0.4 is 5.32 Å². The molecule has 0 aliphatic rings. The molecule has 0 atom stereocenters. The molecule has 3 nitrogen and oxygen atoms in total. The van der Waals surface area contributed by atoms with Crippen LogP contribution >= 0.6 is 46.1 Å². The summed E-state index contributed by atoms with van der Waals surface area (Å²) in [4.78, 5) is 16.6. The average Bonchev–Trinajstić information content (AvgIpc) is 2.99. The zero-order chi connectivity index (χ0) is 17.1. The number of hydrogen-bond donors (Lipinski definition) is 1. The summed E-state index contributed by atoms with van der Waals surface area (Å²) in [5.74, 6) is -0.199. The molecule has 7 heteroatoms. The van der Waals surface area contributed by atoms with E-state index in [2.05, 4.69) is 10.3 Å². The first-order valence-corrected chi connectivity index (χ1v) is 8.98. The van der Waals surface area contributed by atoms with Gasteiger partial charge >= 0.3 is 0 Å². The van der Waals surface area contributed by atoms with Gasteiger partial charge in [0.2, 0.25) is 5.91 Å². The van der Waals surface area contributed by atoms with Crippen molar-refractivity contribution in [2.75, 3.05) is 5.32 Å². The van der Waals surface area contributed by atoms with Gasteiger partial charge in [-0.2, -0.15) is 0 Å². The lowest BCUT2D eigenvalue weighted by molar-refractivity contribution is -0.115. The number of anilines is 1. The van der Waals surface area contributed by atoms with Gasteiger partial charge < -0.3 is 5.32 Å². The number of nitrogens with zero attached hydrogens (tertiary/aromatic N) is 1. The number of carbonyl (C=O) groups is 1. The highest BCUT2D eigenvalue weighted by Gasteiger charge is 2.12. The molecule has 0 aliphatic heterocycles. The fraction of sp³-hybridized carbons (Fsp3) is 0.0588. The molecule has 0 spiro atoms. The van der Waals surface area contributed by atoms with Crippen molar-refractivity contribution in [2.45, 2.75) is 6.42 Å². The summed E-state index contributed by atoms with van der Waals surface area (Å²) in [6, 6.07) is 12.4. The molecule has 1 amide bonds. The molecule has 1 heterocycles. The summed E-state index contributed by atoms with van der Waals surface area (Å²) in [5.41, 5.74) is 2.06. The topological polar surface area (TPSA) is 42.0 Å². The second-order valence-corrected chi connectivity index (χ2v) is 7.08. The lowest BCUT2D eigenvalue weighted by atomic mass is 10.2. The number of amides is 1. The highest BCUT2D eigenvalue weighted by molar-refractivity contribution is 7.13. The van der Waals surface area contributed by atoms with E-state index in [0.717, 1.165) is 10.6 Å². The molecular weight excluding hydrogens is 387 g/mol. The smallest absolute Gasteiger partial charge is 0.230 e. The maximum Gasteiger partial charge on any atom is 0.230 e. The van der Waals surface area contributed by atoms with Gasteiger partial charge in [-0.3, -0.25) is 4.79 Å². The Hall–Kier alpha value is -1.59. The lowest BCUT2D eigenvalue weighted by Gasteiger charge is -2.06. The fourth-order valence-electron chi connectivity index (χ4n) is 2.10. The first-order valence-electron chi connectivity index (χ1n) is 6.97. The minimum Gasteiger partial charge on any atom is -0.324 e. The van der Waals surface area contributed by atoms with Gasteiger partial charge in [-0.05, 0) is 24.3 Å². The van der Waals surface area contributed by atoms with Crippen LogP contribution in [0, 0.1) is 0 Å². The van der Waals surface area contributed by atoms with Crippen LogP contribution in [0.15, 0.2) is 47.8 Å². The number of hydrogen-bond acceptors (Lipinski definition) is 3. The Morgan fingerprint density at radius 2 is 1.88 bits per heavy atom. The Labute approximate surface area is 158 Å².